The van der Waals surface area contributed by atoms with Crippen LogP contribution in [0.25, 0.3) is 0 Å². The van der Waals surface area contributed by atoms with Gasteiger partial charge in [-0.3, -0.25) is 14.4 Å². The molecule has 0 aromatic heterocycles. The van der Waals surface area contributed by atoms with Crippen molar-refractivity contribution in [1.82, 2.24) is 5.06 Å². The maximum atomic E-state index is 13.4. The molecule has 1 aliphatic heterocycles. The zero-order valence-electron chi connectivity index (χ0n) is 18.3. The molecule has 2 aromatic rings. The summed E-state index contributed by atoms with van der Waals surface area (Å²) < 4.78 is 5.54. The molecule has 1 amide bonds. The van der Waals surface area contributed by atoms with E-state index in [9.17, 15) is 9.59 Å². The van der Waals surface area contributed by atoms with E-state index in [1.54, 1.807) is 13.8 Å². The van der Waals surface area contributed by atoms with E-state index in [2.05, 4.69) is 5.32 Å². The summed E-state index contributed by atoms with van der Waals surface area (Å²) in [4.78, 5) is 32.2. The van der Waals surface area contributed by atoms with Crippen molar-refractivity contribution >= 4 is 17.6 Å². The molecule has 1 N–H and O–H groups in total. The van der Waals surface area contributed by atoms with Crippen LogP contribution in [0, 0.1) is 0 Å². The van der Waals surface area contributed by atoms with E-state index >= 15 is 0 Å². The van der Waals surface area contributed by atoms with E-state index < -0.39 is 17.2 Å². The smallest absolute Gasteiger partial charge is 0.308 e. The van der Waals surface area contributed by atoms with Gasteiger partial charge in [0.15, 0.2) is 0 Å². The molecule has 0 aliphatic carbocycles. The molecule has 0 bridgehead atoms. The number of carbonyl (C=O) groups excluding carboxylic acids is 2. The van der Waals surface area contributed by atoms with E-state index in [0.29, 0.717) is 0 Å². The number of rotatable bonds is 5. The Morgan fingerprint density at radius 3 is 2.37 bits per heavy atom. The third kappa shape index (κ3) is 5.19. The predicted octanol–water partition coefficient (Wildman–Crippen LogP) is 4.62. The Morgan fingerprint density at radius 1 is 1.07 bits per heavy atom. The molecule has 0 saturated heterocycles. The number of ether oxygens (including phenoxy) is 1. The minimum absolute atomic E-state index is 0.00737. The predicted molar refractivity (Wildman–Crippen MR) is 115 cm³/mol. The van der Waals surface area contributed by atoms with Crippen LogP contribution in [0.5, 0.6) is 0 Å². The molecule has 0 spiro atoms. The Kier molecular flexibility index (Phi) is 6.17. The molecule has 1 unspecified atom stereocenters. The highest BCUT2D eigenvalue weighted by Crippen LogP contribution is 2.38. The summed E-state index contributed by atoms with van der Waals surface area (Å²) in [5.41, 5.74) is 1.03. The van der Waals surface area contributed by atoms with Crippen molar-refractivity contribution in [2.24, 2.45) is 0 Å². The van der Waals surface area contributed by atoms with Crippen molar-refractivity contribution < 1.29 is 19.2 Å². The fourth-order valence-electron chi connectivity index (χ4n) is 3.44. The summed E-state index contributed by atoms with van der Waals surface area (Å²) in [6, 6.07) is 16.6. The molecule has 6 nitrogen and oxygen atoms in total. The molecule has 30 heavy (non-hydrogen) atoms. The van der Waals surface area contributed by atoms with Gasteiger partial charge in [0.2, 0.25) is 0 Å². The van der Waals surface area contributed by atoms with Crippen LogP contribution in [0.4, 0.5) is 5.69 Å². The molecule has 0 radical (unpaired) electrons. The van der Waals surface area contributed by atoms with Crippen molar-refractivity contribution in [2.45, 2.75) is 64.8 Å². The normalized spacial score (nSPS) is 18.2. The largest absolute Gasteiger partial charge is 0.460 e. The highest BCUT2D eigenvalue weighted by molar-refractivity contribution is 5.90. The van der Waals surface area contributed by atoms with Crippen molar-refractivity contribution in [3.8, 4) is 0 Å². The third-order valence-electron chi connectivity index (χ3n) is 4.78. The molecule has 6 heteroatoms. The second-order valence-electron chi connectivity index (χ2n) is 9.03. The summed E-state index contributed by atoms with van der Waals surface area (Å²) in [6.07, 6.45) is -0.00737. The molecule has 1 aliphatic rings. The molecule has 1 atom stereocenters. The number of nitrogens with one attached hydrogen (secondary N) is 1. The van der Waals surface area contributed by atoms with Crippen LogP contribution in [0.1, 0.15) is 58.2 Å². The second-order valence-corrected chi connectivity index (χ2v) is 9.03. The maximum Gasteiger partial charge on any atom is 0.308 e. The number of hydrogen-bond donors (Lipinski definition) is 1. The Balaban J connectivity index is 1.96. The van der Waals surface area contributed by atoms with Crippen LogP contribution in [0.15, 0.2) is 54.6 Å². The summed E-state index contributed by atoms with van der Waals surface area (Å²) in [7, 11) is 0. The Bertz CT molecular complexity index is 903. The van der Waals surface area contributed by atoms with Crippen LogP contribution < -0.4 is 5.32 Å². The number of amides is 1. The van der Waals surface area contributed by atoms with Crippen LogP contribution >= 0.6 is 0 Å². The van der Waals surface area contributed by atoms with Gasteiger partial charge >= 0.3 is 5.97 Å². The van der Waals surface area contributed by atoms with Gasteiger partial charge in [-0.15, -0.1) is 0 Å². The molecule has 2 aromatic carbocycles. The summed E-state index contributed by atoms with van der Waals surface area (Å²) in [5, 5.41) is 4.65. The van der Waals surface area contributed by atoms with Gasteiger partial charge in [-0.1, -0.05) is 48.5 Å². The first-order valence-corrected chi connectivity index (χ1v) is 10.2. The lowest BCUT2D eigenvalue weighted by Gasteiger charge is -2.33. The molecular weight excluding hydrogens is 380 g/mol. The van der Waals surface area contributed by atoms with Crippen LogP contribution in [-0.2, 0) is 25.8 Å². The van der Waals surface area contributed by atoms with Gasteiger partial charge in [0.25, 0.3) is 5.91 Å². The number of benzene rings is 2. The monoisotopic (exact) mass is 410 g/mol. The minimum Gasteiger partial charge on any atom is -0.460 e. The van der Waals surface area contributed by atoms with E-state index in [0.717, 1.165) is 16.8 Å². The molecule has 160 valence electrons. The highest BCUT2D eigenvalue weighted by Gasteiger charge is 2.42. The maximum absolute atomic E-state index is 13.4. The summed E-state index contributed by atoms with van der Waals surface area (Å²) in [5.74, 6) is -0.633. The molecule has 0 saturated carbocycles. The molecular formula is C24H30N2O4. The standard InChI is InChI=1S/C24H30N2O4/c1-23(2,3)30-21(27)15-20-18-13-9-10-14-19(18)25-24(4,5)22(28)26(20)29-16-17-11-7-6-8-12-17/h6-14,20,25H,15-16H2,1-5H3. The average molecular weight is 411 g/mol. The SMILES string of the molecule is CC(C)(C)OC(=O)CC1c2ccccc2NC(C)(C)C(=O)N1OCc1ccccc1. The van der Waals surface area contributed by atoms with Gasteiger partial charge in [-0.05, 0) is 46.2 Å². The van der Waals surface area contributed by atoms with E-state index in [4.69, 9.17) is 9.57 Å². The number of hydroxylamine groups is 2. The van der Waals surface area contributed by atoms with Crippen molar-refractivity contribution in [3.05, 3.63) is 65.7 Å². The first-order valence-electron chi connectivity index (χ1n) is 10.2. The van der Waals surface area contributed by atoms with Gasteiger partial charge in [-0.2, -0.15) is 0 Å². The van der Waals surface area contributed by atoms with E-state index in [-0.39, 0.29) is 24.9 Å². The third-order valence-corrected chi connectivity index (χ3v) is 4.78. The first kappa shape index (κ1) is 21.8. The van der Waals surface area contributed by atoms with Gasteiger partial charge in [0.05, 0.1) is 12.5 Å². The zero-order valence-corrected chi connectivity index (χ0v) is 18.3. The number of fused-ring (bicyclic) bond motifs is 1. The van der Waals surface area contributed by atoms with E-state index in [1.807, 2.05) is 75.4 Å². The van der Waals surface area contributed by atoms with Gasteiger partial charge in [-0.25, -0.2) is 5.06 Å². The van der Waals surface area contributed by atoms with E-state index in [1.165, 1.54) is 5.06 Å². The average Bonchev–Trinajstić information content (AvgIpc) is 2.73. The first-order chi connectivity index (χ1) is 14.1. The quantitative estimate of drug-likeness (QED) is 0.728. The lowest BCUT2D eigenvalue weighted by molar-refractivity contribution is -0.213. The van der Waals surface area contributed by atoms with Crippen molar-refractivity contribution in [3.63, 3.8) is 0 Å². The fraction of sp³-hybridized carbons (Fsp3) is 0.417. The fourth-order valence-corrected chi connectivity index (χ4v) is 3.44. The van der Waals surface area contributed by atoms with Gasteiger partial charge in [0.1, 0.15) is 17.7 Å². The molecule has 3 rings (SSSR count). The minimum atomic E-state index is -0.907. The van der Waals surface area contributed by atoms with Crippen LogP contribution in [0.2, 0.25) is 0 Å². The number of anilines is 1. The highest BCUT2D eigenvalue weighted by atomic mass is 16.7. The Hall–Kier alpha value is -2.86. The van der Waals surface area contributed by atoms with Gasteiger partial charge in [0, 0.05) is 11.3 Å². The lowest BCUT2D eigenvalue weighted by atomic mass is 10.0. The topological polar surface area (TPSA) is 67.9 Å². The number of hydrogen-bond acceptors (Lipinski definition) is 5. The summed E-state index contributed by atoms with van der Waals surface area (Å²) in [6.45, 7) is 9.31. The van der Waals surface area contributed by atoms with Crippen molar-refractivity contribution in [2.75, 3.05) is 5.32 Å². The lowest BCUT2D eigenvalue weighted by Crippen LogP contribution is -2.49. The Labute approximate surface area is 178 Å². The Morgan fingerprint density at radius 2 is 1.70 bits per heavy atom. The molecule has 1 heterocycles. The van der Waals surface area contributed by atoms with Crippen LogP contribution in [0.3, 0.4) is 0 Å². The van der Waals surface area contributed by atoms with Gasteiger partial charge < -0.3 is 10.1 Å². The van der Waals surface area contributed by atoms with Crippen LogP contribution in [-0.4, -0.2) is 28.1 Å². The second kappa shape index (κ2) is 8.48. The number of esters is 1. The number of nitrogens with zero attached hydrogens (tertiary/aromatic N) is 1. The zero-order chi connectivity index (χ0) is 21.9. The number of carbonyl (C=O) groups is 2. The van der Waals surface area contributed by atoms with Crippen molar-refractivity contribution in [1.29, 1.82) is 0 Å². The molecule has 0 fully saturated rings. The summed E-state index contributed by atoms with van der Waals surface area (Å²) >= 11 is 0. The number of para-hydroxylation sites is 1.